The lowest BCUT2D eigenvalue weighted by atomic mass is 9.97. The average Bonchev–Trinajstić information content (AvgIpc) is 3.22. The smallest absolute Gasteiger partial charge is 0.245 e. The Bertz CT molecular complexity index is 924. The molecule has 0 aliphatic carbocycles. The summed E-state index contributed by atoms with van der Waals surface area (Å²) in [4.78, 5) is 15.6. The fourth-order valence-corrected chi connectivity index (χ4v) is 5.97. The Morgan fingerprint density at radius 3 is 2.52 bits per heavy atom. The molecule has 158 valence electrons. The van der Waals surface area contributed by atoms with Crippen LogP contribution in [0.25, 0.3) is 0 Å². The number of carbonyl (C=O) groups is 1. The number of rotatable bonds is 7. The highest BCUT2D eigenvalue weighted by molar-refractivity contribution is 7.89. The summed E-state index contributed by atoms with van der Waals surface area (Å²) >= 11 is 1.65. The molecule has 1 saturated heterocycles. The van der Waals surface area contributed by atoms with Gasteiger partial charge in [0.2, 0.25) is 15.9 Å². The number of carbonyl (C=O) groups excluding carboxylic acids is 1. The first-order valence-corrected chi connectivity index (χ1v) is 11.8. The highest BCUT2D eigenvalue weighted by Gasteiger charge is 2.33. The van der Waals surface area contributed by atoms with Gasteiger partial charge in [0.05, 0.1) is 6.04 Å². The Balaban J connectivity index is 1.56. The summed E-state index contributed by atoms with van der Waals surface area (Å²) in [5.41, 5.74) is 0. The molecule has 9 heteroatoms. The molecule has 29 heavy (non-hydrogen) atoms. The maximum Gasteiger partial charge on any atom is 0.245 e. The van der Waals surface area contributed by atoms with Gasteiger partial charge in [-0.2, -0.15) is 4.31 Å². The number of hydrogen-bond acceptors (Lipinski definition) is 5. The van der Waals surface area contributed by atoms with Gasteiger partial charge in [0.1, 0.15) is 10.7 Å². The molecule has 1 atom stereocenters. The number of halogens is 1. The number of nitrogens with zero attached hydrogens (tertiary/aromatic N) is 2. The number of thiophene rings is 1. The van der Waals surface area contributed by atoms with E-state index in [1.54, 1.807) is 11.3 Å². The standard InChI is InChI=1S/C20H26FN3O3S2/c1-23(2)17(18-7-5-13-28-18)14-22-20(25)15-9-11-24(12-10-15)29(26,27)19-8-4-3-6-16(19)21/h3-8,13,15,17H,9-12,14H2,1-2H3,(H,22,25)/t17-/m1/s1. The third-order valence-electron chi connectivity index (χ3n) is 5.24. The van der Waals surface area contributed by atoms with Gasteiger partial charge in [-0.15, -0.1) is 11.3 Å². The van der Waals surface area contributed by atoms with Crippen LogP contribution in [-0.2, 0) is 14.8 Å². The maximum atomic E-state index is 13.9. The van der Waals surface area contributed by atoms with Gasteiger partial charge in [0, 0.05) is 30.4 Å². The zero-order valence-electron chi connectivity index (χ0n) is 16.5. The molecule has 0 bridgehead atoms. The molecular formula is C20H26FN3O3S2. The molecule has 1 aromatic carbocycles. The van der Waals surface area contributed by atoms with Crippen LogP contribution >= 0.6 is 11.3 Å². The lowest BCUT2D eigenvalue weighted by Crippen LogP contribution is -2.44. The number of likely N-dealkylation sites (N-methyl/N-ethyl adjacent to an activating group) is 1. The normalized spacial score (nSPS) is 17.4. The Hall–Kier alpha value is -1.81. The number of benzene rings is 1. The molecule has 0 radical (unpaired) electrons. The van der Waals surface area contributed by atoms with Gasteiger partial charge in [0.25, 0.3) is 0 Å². The highest BCUT2D eigenvalue weighted by atomic mass is 32.2. The van der Waals surface area contributed by atoms with E-state index in [0.29, 0.717) is 19.4 Å². The minimum Gasteiger partial charge on any atom is -0.354 e. The van der Waals surface area contributed by atoms with E-state index in [-0.39, 0.29) is 35.9 Å². The van der Waals surface area contributed by atoms with Crippen molar-refractivity contribution in [3.8, 4) is 0 Å². The van der Waals surface area contributed by atoms with Crippen LogP contribution < -0.4 is 5.32 Å². The van der Waals surface area contributed by atoms with Gasteiger partial charge in [-0.05, 0) is 50.5 Å². The van der Waals surface area contributed by atoms with Gasteiger partial charge < -0.3 is 10.2 Å². The van der Waals surface area contributed by atoms with Gasteiger partial charge in [0.15, 0.2) is 0 Å². The monoisotopic (exact) mass is 439 g/mol. The summed E-state index contributed by atoms with van der Waals surface area (Å²) in [6, 6.07) is 9.52. The average molecular weight is 440 g/mol. The summed E-state index contributed by atoms with van der Waals surface area (Å²) < 4.78 is 40.6. The van der Waals surface area contributed by atoms with Crippen molar-refractivity contribution in [3.05, 3.63) is 52.5 Å². The largest absolute Gasteiger partial charge is 0.354 e. The summed E-state index contributed by atoms with van der Waals surface area (Å²) in [7, 11) is 0.0625. The van der Waals surface area contributed by atoms with Crippen molar-refractivity contribution in [3.63, 3.8) is 0 Å². The summed E-state index contributed by atoms with van der Waals surface area (Å²) in [5, 5.41) is 5.03. The van der Waals surface area contributed by atoms with Crippen LogP contribution in [0, 0.1) is 11.7 Å². The molecule has 0 unspecified atom stereocenters. The molecule has 1 aliphatic heterocycles. The zero-order chi connectivity index (χ0) is 21.0. The lowest BCUT2D eigenvalue weighted by molar-refractivity contribution is -0.126. The minimum absolute atomic E-state index is 0.0589. The quantitative estimate of drug-likeness (QED) is 0.720. The number of sulfonamides is 1. The van der Waals surface area contributed by atoms with Crippen LogP contribution in [0.4, 0.5) is 4.39 Å². The number of hydrogen-bond donors (Lipinski definition) is 1. The maximum absolute atomic E-state index is 13.9. The second kappa shape index (κ2) is 9.34. The van der Waals surface area contributed by atoms with E-state index in [4.69, 9.17) is 0 Å². The van der Waals surface area contributed by atoms with Gasteiger partial charge in [-0.25, -0.2) is 12.8 Å². The fraction of sp³-hybridized carbons (Fsp3) is 0.450. The number of piperidine rings is 1. The molecule has 3 rings (SSSR count). The predicted octanol–water partition coefficient (Wildman–Crippen LogP) is 2.71. The van der Waals surface area contributed by atoms with Gasteiger partial charge in [-0.1, -0.05) is 18.2 Å². The van der Waals surface area contributed by atoms with Crippen LogP contribution in [-0.4, -0.2) is 57.3 Å². The van der Waals surface area contributed by atoms with E-state index < -0.39 is 15.8 Å². The molecule has 0 spiro atoms. The van der Waals surface area contributed by atoms with E-state index in [9.17, 15) is 17.6 Å². The van der Waals surface area contributed by atoms with Gasteiger partial charge >= 0.3 is 0 Å². The molecule has 2 heterocycles. The van der Waals surface area contributed by atoms with E-state index in [1.165, 1.54) is 27.4 Å². The minimum atomic E-state index is -3.89. The topological polar surface area (TPSA) is 69.7 Å². The Morgan fingerprint density at radius 2 is 1.93 bits per heavy atom. The summed E-state index contributed by atoms with van der Waals surface area (Å²) in [6.45, 7) is 0.910. The van der Waals surface area contributed by atoms with Crippen molar-refractivity contribution in [2.45, 2.75) is 23.8 Å². The number of nitrogens with one attached hydrogen (secondary N) is 1. The van der Waals surface area contributed by atoms with Crippen molar-refractivity contribution in [1.82, 2.24) is 14.5 Å². The van der Waals surface area contributed by atoms with E-state index in [1.807, 2.05) is 31.6 Å². The van der Waals surface area contributed by atoms with Crippen LogP contribution in [0.5, 0.6) is 0 Å². The molecule has 2 aromatic rings. The number of amides is 1. The van der Waals surface area contributed by atoms with Crippen molar-refractivity contribution in [2.75, 3.05) is 33.7 Å². The third kappa shape index (κ3) is 5.03. The van der Waals surface area contributed by atoms with E-state index in [2.05, 4.69) is 10.2 Å². The lowest BCUT2D eigenvalue weighted by Gasteiger charge is -2.31. The van der Waals surface area contributed by atoms with Crippen molar-refractivity contribution in [2.24, 2.45) is 5.92 Å². The SMILES string of the molecule is CN(C)[C@H](CNC(=O)C1CCN(S(=O)(=O)c2ccccc2F)CC1)c1cccs1. The van der Waals surface area contributed by atoms with Gasteiger partial charge in [-0.3, -0.25) is 4.79 Å². The summed E-state index contributed by atoms with van der Waals surface area (Å²) in [5.74, 6) is -1.06. The fourth-order valence-electron chi connectivity index (χ4n) is 3.51. The summed E-state index contributed by atoms with van der Waals surface area (Å²) in [6.07, 6.45) is 0.844. The molecule has 1 fully saturated rings. The Labute approximate surface area is 175 Å². The van der Waals surface area contributed by atoms with Crippen molar-refractivity contribution >= 4 is 27.3 Å². The Kier molecular flexibility index (Phi) is 7.05. The molecular weight excluding hydrogens is 413 g/mol. The van der Waals surface area contributed by atoms with Crippen LogP contribution in [0.1, 0.15) is 23.8 Å². The first-order chi connectivity index (χ1) is 13.8. The third-order valence-corrected chi connectivity index (χ3v) is 8.15. The van der Waals surface area contributed by atoms with Crippen LogP contribution in [0.15, 0.2) is 46.7 Å². The van der Waals surface area contributed by atoms with Crippen molar-refractivity contribution in [1.29, 1.82) is 0 Å². The second-order valence-electron chi connectivity index (χ2n) is 7.35. The second-order valence-corrected chi connectivity index (χ2v) is 10.2. The van der Waals surface area contributed by atoms with Crippen LogP contribution in [0.2, 0.25) is 0 Å². The van der Waals surface area contributed by atoms with Crippen molar-refractivity contribution < 1.29 is 17.6 Å². The zero-order valence-corrected chi connectivity index (χ0v) is 18.2. The molecule has 1 amide bonds. The Morgan fingerprint density at radius 1 is 1.24 bits per heavy atom. The molecule has 6 nitrogen and oxygen atoms in total. The van der Waals surface area contributed by atoms with E-state index >= 15 is 0 Å². The van der Waals surface area contributed by atoms with Crippen LogP contribution in [0.3, 0.4) is 0 Å². The molecule has 0 saturated carbocycles. The molecule has 1 N–H and O–H groups in total. The highest BCUT2D eigenvalue weighted by Crippen LogP contribution is 2.26. The molecule has 1 aliphatic rings. The first-order valence-electron chi connectivity index (χ1n) is 9.53. The molecule has 1 aromatic heterocycles. The first kappa shape index (κ1) is 21.9. The van der Waals surface area contributed by atoms with E-state index in [0.717, 1.165) is 6.07 Å². The predicted molar refractivity (Wildman–Crippen MR) is 112 cm³/mol.